The predicted octanol–water partition coefficient (Wildman–Crippen LogP) is 3.26. The third-order valence-electron chi connectivity index (χ3n) is 3.11. The first-order chi connectivity index (χ1) is 10.3. The van der Waals surface area contributed by atoms with E-state index in [1.54, 1.807) is 12.1 Å². The molecule has 3 aromatic rings. The van der Waals surface area contributed by atoms with Crippen LogP contribution in [0.5, 0.6) is 5.75 Å². The van der Waals surface area contributed by atoms with Crippen LogP contribution in [0.15, 0.2) is 54.7 Å². The average molecular weight is 278 g/mol. The molecule has 0 bridgehead atoms. The number of aromatic nitrogens is 2. The zero-order valence-corrected chi connectivity index (χ0v) is 11.6. The second-order valence-corrected chi connectivity index (χ2v) is 4.50. The summed E-state index contributed by atoms with van der Waals surface area (Å²) < 4.78 is 5.50. The smallest absolute Gasteiger partial charge is 0.216 e. The SMILES string of the molecule is CCOc1ccccc1C(=O)c1cnc2ccccc2n1. The number of para-hydroxylation sites is 3. The number of carbonyl (C=O) groups is 1. The van der Waals surface area contributed by atoms with Crippen LogP contribution in [0.4, 0.5) is 0 Å². The second-order valence-electron chi connectivity index (χ2n) is 4.50. The van der Waals surface area contributed by atoms with Crippen LogP contribution in [0, 0.1) is 0 Å². The molecule has 0 aliphatic carbocycles. The number of carbonyl (C=O) groups excluding carboxylic acids is 1. The van der Waals surface area contributed by atoms with Gasteiger partial charge < -0.3 is 4.74 Å². The highest BCUT2D eigenvalue weighted by Crippen LogP contribution is 2.21. The molecule has 4 heteroatoms. The summed E-state index contributed by atoms with van der Waals surface area (Å²) in [6, 6.07) is 14.6. The van der Waals surface area contributed by atoms with E-state index in [9.17, 15) is 4.79 Å². The molecule has 3 rings (SSSR count). The van der Waals surface area contributed by atoms with E-state index in [1.807, 2.05) is 43.3 Å². The summed E-state index contributed by atoms with van der Waals surface area (Å²) in [5.41, 5.74) is 2.30. The quantitative estimate of drug-likeness (QED) is 0.687. The van der Waals surface area contributed by atoms with E-state index < -0.39 is 0 Å². The Morgan fingerprint density at radius 2 is 1.76 bits per heavy atom. The minimum atomic E-state index is -0.183. The molecule has 1 aromatic heterocycles. The van der Waals surface area contributed by atoms with Crippen molar-refractivity contribution in [3.63, 3.8) is 0 Å². The van der Waals surface area contributed by atoms with E-state index in [0.717, 1.165) is 5.52 Å². The Labute approximate surface area is 122 Å². The molecular weight excluding hydrogens is 264 g/mol. The fraction of sp³-hybridized carbons (Fsp3) is 0.118. The second kappa shape index (κ2) is 5.71. The molecule has 2 aromatic carbocycles. The maximum atomic E-state index is 12.6. The largest absolute Gasteiger partial charge is 0.493 e. The monoisotopic (exact) mass is 278 g/mol. The van der Waals surface area contributed by atoms with Crippen molar-refractivity contribution in [2.24, 2.45) is 0 Å². The van der Waals surface area contributed by atoms with E-state index in [-0.39, 0.29) is 5.78 Å². The Morgan fingerprint density at radius 3 is 2.57 bits per heavy atom. The predicted molar refractivity (Wildman–Crippen MR) is 80.6 cm³/mol. The lowest BCUT2D eigenvalue weighted by molar-refractivity contribution is 0.103. The van der Waals surface area contributed by atoms with Crippen molar-refractivity contribution >= 4 is 16.8 Å². The first kappa shape index (κ1) is 13.2. The summed E-state index contributed by atoms with van der Waals surface area (Å²) in [5.74, 6) is 0.386. The molecule has 104 valence electrons. The summed E-state index contributed by atoms with van der Waals surface area (Å²) in [7, 11) is 0. The van der Waals surface area contributed by atoms with Gasteiger partial charge in [0.25, 0.3) is 0 Å². The van der Waals surface area contributed by atoms with Gasteiger partial charge in [0.15, 0.2) is 0 Å². The maximum Gasteiger partial charge on any atom is 0.216 e. The van der Waals surface area contributed by atoms with Gasteiger partial charge >= 0.3 is 0 Å². The minimum Gasteiger partial charge on any atom is -0.493 e. The van der Waals surface area contributed by atoms with Crippen LogP contribution >= 0.6 is 0 Å². The molecule has 0 N–H and O–H groups in total. The van der Waals surface area contributed by atoms with Crippen molar-refractivity contribution in [2.75, 3.05) is 6.61 Å². The fourth-order valence-electron chi connectivity index (χ4n) is 2.14. The van der Waals surface area contributed by atoms with Gasteiger partial charge in [-0.15, -0.1) is 0 Å². The van der Waals surface area contributed by atoms with Crippen LogP contribution < -0.4 is 4.74 Å². The van der Waals surface area contributed by atoms with Crippen molar-refractivity contribution in [2.45, 2.75) is 6.92 Å². The fourth-order valence-corrected chi connectivity index (χ4v) is 2.14. The highest BCUT2D eigenvalue weighted by molar-refractivity contribution is 6.09. The molecule has 0 saturated carbocycles. The Bertz CT molecular complexity index is 799. The van der Waals surface area contributed by atoms with Gasteiger partial charge in [-0.1, -0.05) is 24.3 Å². The molecule has 0 amide bonds. The van der Waals surface area contributed by atoms with Crippen LogP contribution in [0.1, 0.15) is 23.0 Å². The van der Waals surface area contributed by atoms with Crippen molar-refractivity contribution in [3.05, 3.63) is 66.0 Å². The van der Waals surface area contributed by atoms with Gasteiger partial charge in [-0.3, -0.25) is 9.78 Å². The standard InChI is InChI=1S/C17H14N2O2/c1-2-21-16-10-6-3-7-12(16)17(20)15-11-18-13-8-4-5-9-14(13)19-15/h3-11H,2H2,1H3. The highest BCUT2D eigenvalue weighted by Gasteiger charge is 2.16. The maximum absolute atomic E-state index is 12.6. The van der Waals surface area contributed by atoms with Gasteiger partial charge in [-0.2, -0.15) is 0 Å². The Morgan fingerprint density at radius 1 is 1.05 bits per heavy atom. The van der Waals surface area contributed by atoms with Gasteiger partial charge in [0, 0.05) is 0 Å². The molecule has 4 nitrogen and oxygen atoms in total. The number of ether oxygens (including phenoxy) is 1. The number of rotatable bonds is 4. The molecule has 0 aliphatic rings. The molecule has 0 fully saturated rings. The Hall–Kier alpha value is -2.75. The summed E-state index contributed by atoms with van der Waals surface area (Å²) in [6.45, 7) is 2.39. The molecular formula is C17H14N2O2. The van der Waals surface area contributed by atoms with Gasteiger partial charge in [0.2, 0.25) is 5.78 Å². The van der Waals surface area contributed by atoms with Crippen LogP contribution in [0.2, 0.25) is 0 Å². The normalized spacial score (nSPS) is 10.5. The van der Waals surface area contributed by atoms with Crippen LogP contribution in [-0.4, -0.2) is 22.4 Å². The highest BCUT2D eigenvalue weighted by atomic mass is 16.5. The van der Waals surface area contributed by atoms with E-state index in [2.05, 4.69) is 9.97 Å². The van der Waals surface area contributed by atoms with Crippen molar-refractivity contribution < 1.29 is 9.53 Å². The third-order valence-corrected chi connectivity index (χ3v) is 3.11. The van der Waals surface area contributed by atoms with E-state index in [4.69, 9.17) is 4.74 Å². The number of hydrogen-bond acceptors (Lipinski definition) is 4. The first-order valence-corrected chi connectivity index (χ1v) is 6.78. The summed E-state index contributed by atoms with van der Waals surface area (Å²) in [6.07, 6.45) is 1.51. The molecule has 0 aliphatic heterocycles. The van der Waals surface area contributed by atoms with E-state index in [0.29, 0.717) is 29.1 Å². The lowest BCUT2D eigenvalue weighted by atomic mass is 10.1. The van der Waals surface area contributed by atoms with Crippen LogP contribution in [-0.2, 0) is 0 Å². The van der Waals surface area contributed by atoms with Gasteiger partial charge in [0.1, 0.15) is 11.4 Å². The lowest BCUT2D eigenvalue weighted by Gasteiger charge is -2.08. The molecule has 21 heavy (non-hydrogen) atoms. The van der Waals surface area contributed by atoms with Crippen molar-refractivity contribution in [3.8, 4) is 5.75 Å². The van der Waals surface area contributed by atoms with Gasteiger partial charge in [-0.05, 0) is 31.2 Å². The van der Waals surface area contributed by atoms with Gasteiger partial charge in [-0.25, -0.2) is 4.98 Å². The van der Waals surface area contributed by atoms with E-state index in [1.165, 1.54) is 6.20 Å². The number of benzene rings is 2. The van der Waals surface area contributed by atoms with Crippen LogP contribution in [0.3, 0.4) is 0 Å². The topological polar surface area (TPSA) is 52.1 Å². The molecule has 0 saturated heterocycles. The van der Waals surface area contributed by atoms with Crippen molar-refractivity contribution in [1.29, 1.82) is 0 Å². The molecule has 0 unspecified atom stereocenters. The number of hydrogen-bond donors (Lipinski definition) is 0. The molecule has 0 atom stereocenters. The summed E-state index contributed by atoms with van der Waals surface area (Å²) >= 11 is 0. The summed E-state index contributed by atoms with van der Waals surface area (Å²) in [4.78, 5) is 21.3. The Balaban J connectivity index is 2.04. The zero-order chi connectivity index (χ0) is 14.7. The minimum absolute atomic E-state index is 0.183. The molecule has 0 radical (unpaired) electrons. The number of nitrogens with zero attached hydrogens (tertiary/aromatic N) is 2. The molecule has 1 heterocycles. The van der Waals surface area contributed by atoms with Crippen LogP contribution in [0.25, 0.3) is 11.0 Å². The van der Waals surface area contributed by atoms with E-state index >= 15 is 0 Å². The third kappa shape index (κ3) is 2.60. The Kier molecular flexibility index (Phi) is 3.60. The average Bonchev–Trinajstić information content (AvgIpc) is 2.54. The number of ketones is 1. The first-order valence-electron chi connectivity index (χ1n) is 6.78. The van der Waals surface area contributed by atoms with Gasteiger partial charge in [0.05, 0.1) is 29.4 Å². The number of fused-ring (bicyclic) bond motifs is 1. The molecule has 0 spiro atoms. The van der Waals surface area contributed by atoms with Crippen molar-refractivity contribution in [1.82, 2.24) is 9.97 Å². The zero-order valence-electron chi connectivity index (χ0n) is 11.6. The lowest BCUT2D eigenvalue weighted by Crippen LogP contribution is -2.08. The summed E-state index contributed by atoms with van der Waals surface area (Å²) in [5, 5.41) is 0.